The zero-order chi connectivity index (χ0) is 13.8. The summed E-state index contributed by atoms with van der Waals surface area (Å²) in [6.07, 6.45) is 2.59. The predicted octanol–water partition coefficient (Wildman–Crippen LogP) is 2.49. The van der Waals surface area contributed by atoms with Crippen molar-refractivity contribution in [1.82, 2.24) is 4.90 Å². The zero-order valence-corrected chi connectivity index (χ0v) is 10.9. The van der Waals surface area contributed by atoms with Gasteiger partial charge in [0.05, 0.1) is 7.11 Å². The first-order valence-electron chi connectivity index (χ1n) is 6.37. The molecule has 0 aromatic heterocycles. The molecule has 19 heavy (non-hydrogen) atoms. The van der Waals surface area contributed by atoms with E-state index in [1.807, 2.05) is 4.90 Å². The molecule has 0 radical (unpaired) electrons. The third-order valence-electron chi connectivity index (χ3n) is 3.47. The molecule has 0 bridgehead atoms. The normalized spacial score (nSPS) is 20.3. The van der Waals surface area contributed by atoms with Crippen molar-refractivity contribution in [2.24, 2.45) is 0 Å². The third kappa shape index (κ3) is 3.29. The second-order valence-corrected chi connectivity index (χ2v) is 4.74. The third-order valence-corrected chi connectivity index (χ3v) is 3.47. The molecule has 1 unspecified atom stereocenters. The van der Waals surface area contributed by atoms with E-state index in [0.29, 0.717) is 13.0 Å². The van der Waals surface area contributed by atoms with Crippen LogP contribution in [0.25, 0.3) is 0 Å². The van der Waals surface area contributed by atoms with Crippen molar-refractivity contribution in [2.75, 3.05) is 13.7 Å². The van der Waals surface area contributed by atoms with E-state index in [-0.39, 0.29) is 24.1 Å². The van der Waals surface area contributed by atoms with E-state index in [1.165, 1.54) is 13.2 Å². The van der Waals surface area contributed by atoms with Gasteiger partial charge in [-0.25, -0.2) is 8.78 Å². The first kappa shape index (κ1) is 13.9. The molecule has 1 aromatic rings. The number of rotatable bonds is 3. The van der Waals surface area contributed by atoms with Crippen LogP contribution in [0.5, 0.6) is 0 Å². The number of carbonyl (C=O) groups is 1. The Labute approximate surface area is 111 Å². The maximum atomic E-state index is 13.6. The predicted molar refractivity (Wildman–Crippen MR) is 66.4 cm³/mol. The summed E-state index contributed by atoms with van der Waals surface area (Å²) >= 11 is 0. The minimum Gasteiger partial charge on any atom is -0.468 e. The smallest absolute Gasteiger partial charge is 0.323 e. The molecule has 0 amide bonds. The van der Waals surface area contributed by atoms with Crippen LogP contribution in [0.2, 0.25) is 0 Å². The second-order valence-electron chi connectivity index (χ2n) is 4.74. The van der Waals surface area contributed by atoms with Gasteiger partial charge in [-0.05, 0) is 37.6 Å². The number of hydrogen-bond donors (Lipinski definition) is 0. The van der Waals surface area contributed by atoms with E-state index in [4.69, 9.17) is 4.74 Å². The Kier molecular flexibility index (Phi) is 4.47. The molecule has 0 spiro atoms. The van der Waals surface area contributed by atoms with Gasteiger partial charge in [0.2, 0.25) is 0 Å². The van der Waals surface area contributed by atoms with E-state index in [0.717, 1.165) is 25.0 Å². The average Bonchev–Trinajstić information content (AvgIpc) is 2.42. The minimum atomic E-state index is -0.469. The minimum absolute atomic E-state index is 0.226. The SMILES string of the molecule is COC(=O)C1CCCCN1Cc1cc(F)ccc1F. The zero-order valence-electron chi connectivity index (χ0n) is 10.9. The van der Waals surface area contributed by atoms with Gasteiger partial charge in [-0.15, -0.1) is 0 Å². The molecule has 1 saturated heterocycles. The van der Waals surface area contributed by atoms with E-state index in [9.17, 15) is 13.6 Å². The van der Waals surface area contributed by atoms with E-state index in [1.54, 1.807) is 0 Å². The first-order valence-corrected chi connectivity index (χ1v) is 6.37. The largest absolute Gasteiger partial charge is 0.468 e. The lowest BCUT2D eigenvalue weighted by atomic mass is 10.0. The molecular weight excluding hydrogens is 252 g/mol. The van der Waals surface area contributed by atoms with E-state index < -0.39 is 11.6 Å². The van der Waals surface area contributed by atoms with Gasteiger partial charge in [-0.1, -0.05) is 6.42 Å². The van der Waals surface area contributed by atoms with Crippen LogP contribution in [0.1, 0.15) is 24.8 Å². The number of esters is 1. The van der Waals surface area contributed by atoms with Crippen molar-refractivity contribution >= 4 is 5.97 Å². The summed E-state index contributed by atoms with van der Waals surface area (Å²) in [7, 11) is 1.35. The number of nitrogens with zero attached hydrogens (tertiary/aromatic N) is 1. The topological polar surface area (TPSA) is 29.5 Å². The summed E-state index contributed by atoms with van der Waals surface area (Å²) in [4.78, 5) is 13.5. The van der Waals surface area contributed by atoms with Crippen molar-refractivity contribution in [1.29, 1.82) is 0 Å². The van der Waals surface area contributed by atoms with Crippen LogP contribution < -0.4 is 0 Å². The molecule has 5 heteroatoms. The van der Waals surface area contributed by atoms with Gasteiger partial charge in [0.1, 0.15) is 17.7 Å². The van der Waals surface area contributed by atoms with Gasteiger partial charge >= 0.3 is 5.97 Å². The summed E-state index contributed by atoms with van der Waals surface area (Å²) in [5, 5.41) is 0. The van der Waals surface area contributed by atoms with Crippen LogP contribution in [0, 0.1) is 11.6 Å². The Morgan fingerprint density at radius 2 is 2.21 bits per heavy atom. The molecule has 2 rings (SSSR count). The molecule has 1 fully saturated rings. The Bertz CT molecular complexity index is 465. The number of halogens is 2. The van der Waals surface area contributed by atoms with Crippen LogP contribution in [-0.2, 0) is 16.1 Å². The van der Waals surface area contributed by atoms with Gasteiger partial charge in [0.15, 0.2) is 0 Å². The molecule has 104 valence electrons. The lowest BCUT2D eigenvalue weighted by Crippen LogP contribution is -2.44. The fourth-order valence-electron chi connectivity index (χ4n) is 2.47. The summed E-state index contributed by atoms with van der Waals surface area (Å²) < 4.78 is 31.5. The fraction of sp³-hybridized carbons (Fsp3) is 0.500. The van der Waals surface area contributed by atoms with Crippen LogP contribution >= 0.6 is 0 Å². The van der Waals surface area contributed by atoms with Crippen molar-refractivity contribution in [3.63, 3.8) is 0 Å². The summed E-state index contributed by atoms with van der Waals surface area (Å²) in [6.45, 7) is 0.916. The van der Waals surface area contributed by atoms with Crippen molar-refractivity contribution in [3.8, 4) is 0 Å². The maximum Gasteiger partial charge on any atom is 0.323 e. The highest BCUT2D eigenvalue weighted by Gasteiger charge is 2.29. The average molecular weight is 269 g/mol. The van der Waals surface area contributed by atoms with Gasteiger partial charge in [-0.2, -0.15) is 0 Å². The van der Waals surface area contributed by atoms with Crippen LogP contribution in [0.3, 0.4) is 0 Å². The summed E-state index contributed by atoms with van der Waals surface area (Å²) in [6, 6.07) is 3.02. The van der Waals surface area contributed by atoms with Gasteiger partial charge < -0.3 is 4.74 Å². The summed E-state index contributed by atoms with van der Waals surface area (Å²) in [5.74, 6) is -1.23. The Morgan fingerprint density at radius 3 is 2.95 bits per heavy atom. The molecule has 1 aliphatic heterocycles. The lowest BCUT2D eigenvalue weighted by Gasteiger charge is -2.33. The van der Waals surface area contributed by atoms with Crippen LogP contribution in [0.4, 0.5) is 8.78 Å². The highest BCUT2D eigenvalue weighted by atomic mass is 19.1. The van der Waals surface area contributed by atoms with Crippen LogP contribution in [0.15, 0.2) is 18.2 Å². The van der Waals surface area contributed by atoms with Crippen LogP contribution in [-0.4, -0.2) is 30.6 Å². The molecule has 0 aliphatic carbocycles. The fourth-order valence-corrected chi connectivity index (χ4v) is 2.47. The number of likely N-dealkylation sites (tertiary alicyclic amines) is 1. The second kappa shape index (κ2) is 6.10. The highest BCUT2D eigenvalue weighted by Crippen LogP contribution is 2.22. The molecule has 1 atom stereocenters. The summed E-state index contributed by atoms with van der Waals surface area (Å²) in [5.41, 5.74) is 0.274. The van der Waals surface area contributed by atoms with Crippen molar-refractivity contribution in [2.45, 2.75) is 31.8 Å². The monoisotopic (exact) mass is 269 g/mol. The number of hydrogen-bond acceptors (Lipinski definition) is 3. The van der Waals surface area contributed by atoms with Crippen molar-refractivity contribution < 1.29 is 18.3 Å². The lowest BCUT2D eigenvalue weighted by molar-refractivity contribution is -0.148. The molecule has 0 saturated carbocycles. The number of methoxy groups -OCH3 is 1. The standard InChI is InChI=1S/C14H17F2NO2/c1-19-14(18)13-4-2-3-7-17(13)9-10-8-11(15)5-6-12(10)16/h5-6,8,13H,2-4,7,9H2,1H3. The van der Waals surface area contributed by atoms with E-state index in [2.05, 4.69) is 0 Å². The number of piperidine rings is 1. The molecule has 3 nitrogen and oxygen atoms in total. The molecular formula is C14H17F2NO2. The van der Waals surface area contributed by atoms with Gasteiger partial charge in [-0.3, -0.25) is 9.69 Å². The Hall–Kier alpha value is -1.49. The van der Waals surface area contributed by atoms with E-state index >= 15 is 0 Å². The highest BCUT2D eigenvalue weighted by molar-refractivity contribution is 5.75. The molecule has 1 aromatic carbocycles. The van der Waals surface area contributed by atoms with Gasteiger partial charge in [0, 0.05) is 12.1 Å². The number of ether oxygens (including phenoxy) is 1. The Balaban J connectivity index is 2.15. The molecule has 1 heterocycles. The number of carbonyl (C=O) groups excluding carboxylic acids is 1. The Morgan fingerprint density at radius 1 is 1.42 bits per heavy atom. The van der Waals surface area contributed by atoms with Gasteiger partial charge in [0.25, 0.3) is 0 Å². The maximum absolute atomic E-state index is 13.6. The molecule has 0 N–H and O–H groups in total. The first-order chi connectivity index (χ1) is 9.11. The van der Waals surface area contributed by atoms with Crippen molar-refractivity contribution in [3.05, 3.63) is 35.4 Å². The number of benzene rings is 1. The molecule has 1 aliphatic rings. The quantitative estimate of drug-likeness (QED) is 0.790.